The number of carbonyl (C=O) groups excluding carboxylic acids is 4. The number of ketones is 2. The molecule has 10 nitrogen and oxygen atoms in total. The molecule has 0 saturated carbocycles. The summed E-state index contributed by atoms with van der Waals surface area (Å²) in [4.78, 5) is 62.3. The number of piperidine rings is 1. The maximum atomic E-state index is 12.8. The fraction of sp³-hybridized carbons (Fsp3) is 0.524. The van der Waals surface area contributed by atoms with E-state index in [1.165, 1.54) is 26.0 Å². The van der Waals surface area contributed by atoms with Gasteiger partial charge < -0.3 is 14.4 Å². The van der Waals surface area contributed by atoms with E-state index in [1.807, 2.05) is 4.90 Å². The highest BCUT2D eigenvalue weighted by Crippen LogP contribution is 2.39. The molecule has 31 heavy (non-hydrogen) atoms. The predicted molar refractivity (Wildman–Crippen MR) is 110 cm³/mol. The predicted octanol–water partition coefficient (Wildman–Crippen LogP) is 2.32. The number of Topliss-reactive ketones (excluding diaryl/α,β-unsaturated/α-hetero) is 2. The second-order valence-electron chi connectivity index (χ2n) is 7.00. The molecule has 1 aromatic carbocycles. The molecule has 10 heteroatoms. The summed E-state index contributed by atoms with van der Waals surface area (Å²) < 4.78 is 9.41. The van der Waals surface area contributed by atoms with E-state index in [0.717, 1.165) is 19.3 Å². The van der Waals surface area contributed by atoms with Gasteiger partial charge in [0.2, 0.25) is 11.6 Å². The van der Waals surface area contributed by atoms with Crippen LogP contribution in [0, 0.1) is 10.1 Å². The van der Waals surface area contributed by atoms with Crippen LogP contribution >= 0.6 is 0 Å². The van der Waals surface area contributed by atoms with Crippen molar-refractivity contribution in [3.8, 4) is 0 Å². The van der Waals surface area contributed by atoms with Gasteiger partial charge in [-0.3, -0.25) is 19.7 Å². The number of benzene rings is 1. The molecule has 1 fully saturated rings. The molecule has 1 aliphatic rings. The van der Waals surface area contributed by atoms with E-state index in [-0.39, 0.29) is 24.5 Å². The molecule has 0 amide bonds. The number of hydrogen-bond donors (Lipinski definition) is 0. The van der Waals surface area contributed by atoms with Gasteiger partial charge in [0.15, 0.2) is 0 Å². The smallest absolute Gasteiger partial charge is 0.375 e. The number of anilines is 1. The third kappa shape index (κ3) is 5.87. The number of esters is 2. The fourth-order valence-corrected chi connectivity index (χ4v) is 3.59. The van der Waals surface area contributed by atoms with Crippen LogP contribution in [0.1, 0.15) is 51.0 Å². The number of para-hydroxylation sites is 1. The number of rotatable bonds is 10. The summed E-state index contributed by atoms with van der Waals surface area (Å²) in [7, 11) is 0. The van der Waals surface area contributed by atoms with E-state index < -0.39 is 40.8 Å². The molecule has 168 valence electrons. The fourth-order valence-electron chi connectivity index (χ4n) is 3.59. The number of ether oxygens (including phenoxy) is 2. The van der Waals surface area contributed by atoms with Gasteiger partial charge in [-0.2, -0.15) is 0 Å². The lowest BCUT2D eigenvalue weighted by Crippen LogP contribution is -2.32. The quantitative estimate of drug-likeness (QED) is 0.235. The molecule has 0 bridgehead atoms. The van der Waals surface area contributed by atoms with Gasteiger partial charge in [-0.25, -0.2) is 9.59 Å². The molecule has 0 radical (unpaired) electrons. The molecule has 0 aromatic heterocycles. The molecule has 0 aliphatic carbocycles. The average Bonchev–Trinajstić information content (AvgIpc) is 2.77. The minimum atomic E-state index is -1.54. The maximum absolute atomic E-state index is 12.8. The Kier molecular flexibility index (Phi) is 8.65. The van der Waals surface area contributed by atoms with Gasteiger partial charge in [0, 0.05) is 25.1 Å². The summed E-state index contributed by atoms with van der Waals surface area (Å²) in [5, 5.41) is 12.0. The first kappa shape index (κ1) is 24.0. The maximum Gasteiger partial charge on any atom is 0.375 e. The highest BCUT2D eigenvalue weighted by molar-refractivity contribution is 6.39. The molecule has 1 unspecified atom stereocenters. The first-order chi connectivity index (χ1) is 14.8. The molecule has 0 spiro atoms. The van der Waals surface area contributed by atoms with Crippen molar-refractivity contribution in [2.45, 2.75) is 45.4 Å². The normalized spacial score (nSPS) is 14.5. The molecular formula is C21H26N2O8. The first-order valence-electron chi connectivity index (χ1n) is 10.2. The third-order valence-electron chi connectivity index (χ3n) is 4.99. The molecule has 1 aliphatic heterocycles. The van der Waals surface area contributed by atoms with Crippen molar-refractivity contribution in [3.63, 3.8) is 0 Å². The van der Waals surface area contributed by atoms with Crippen LogP contribution < -0.4 is 4.90 Å². The zero-order chi connectivity index (χ0) is 23.0. The van der Waals surface area contributed by atoms with Crippen molar-refractivity contribution in [1.82, 2.24) is 0 Å². The number of hydrogen-bond acceptors (Lipinski definition) is 9. The van der Waals surface area contributed by atoms with E-state index in [9.17, 15) is 29.3 Å². The highest BCUT2D eigenvalue weighted by Gasteiger charge is 2.38. The zero-order valence-electron chi connectivity index (χ0n) is 17.6. The average molecular weight is 434 g/mol. The Morgan fingerprint density at radius 3 is 2.23 bits per heavy atom. The minimum absolute atomic E-state index is 0.0499. The van der Waals surface area contributed by atoms with Crippen LogP contribution in [0.5, 0.6) is 0 Å². The Labute approximate surface area is 179 Å². The lowest BCUT2D eigenvalue weighted by molar-refractivity contribution is -0.384. The topological polar surface area (TPSA) is 133 Å². The van der Waals surface area contributed by atoms with Crippen LogP contribution in [0.25, 0.3) is 0 Å². The standard InChI is InChI=1S/C21H26N2O8/c1-3-30-20(26)17(24)13-15(19(25)21(27)31-4-2)14-9-8-10-16(18(14)23(28)29)22-11-6-5-7-12-22/h8-10,15H,3-7,11-13H2,1-2H3. The monoisotopic (exact) mass is 434 g/mol. The van der Waals surface area contributed by atoms with Crippen LogP contribution in [0.15, 0.2) is 18.2 Å². The number of carbonyl (C=O) groups is 4. The van der Waals surface area contributed by atoms with Gasteiger partial charge in [0.25, 0.3) is 5.69 Å². The van der Waals surface area contributed by atoms with E-state index in [0.29, 0.717) is 18.8 Å². The van der Waals surface area contributed by atoms with Crippen molar-refractivity contribution in [2.75, 3.05) is 31.2 Å². The van der Waals surface area contributed by atoms with Crippen LogP contribution in [0.3, 0.4) is 0 Å². The summed E-state index contributed by atoms with van der Waals surface area (Å²) >= 11 is 0. The lowest BCUT2D eigenvalue weighted by atomic mass is 9.87. The summed E-state index contributed by atoms with van der Waals surface area (Å²) in [5.41, 5.74) is -0.153. The highest BCUT2D eigenvalue weighted by atomic mass is 16.6. The van der Waals surface area contributed by atoms with E-state index >= 15 is 0 Å². The van der Waals surface area contributed by atoms with Gasteiger partial charge in [-0.05, 0) is 39.2 Å². The van der Waals surface area contributed by atoms with Gasteiger partial charge in [-0.15, -0.1) is 0 Å². The van der Waals surface area contributed by atoms with Crippen molar-refractivity contribution >= 4 is 34.9 Å². The second-order valence-corrected chi connectivity index (χ2v) is 7.00. The first-order valence-corrected chi connectivity index (χ1v) is 10.2. The molecule has 1 atom stereocenters. The zero-order valence-corrected chi connectivity index (χ0v) is 17.6. The van der Waals surface area contributed by atoms with Crippen molar-refractivity contribution in [3.05, 3.63) is 33.9 Å². The number of nitro benzene ring substituents is 1. The van der Waals surface area contributed by atoms with E-state index in [2.05, 4.69) is 4.74 Å². The molecule has 1 heterocycles. The summed E-state index contributed by atoms with van der Waals surface area (Å²) in [5.74, 6) is -6.11. The van der Waals surface area contributed by atoms with E-state index in [1.54, 1.807) is 6.07 Å². The summed E-state index contributed by atoms with van der Waals surface area (Å²) in [6.45, 7) is 4.11. The molecule has 0 N–H and O–H groups in total. The lowest BCUT2D eigenvalue weighted by Gasteiger charge is -2.29. The van der Waals surface area contributed by atoms with Crippen molar-refractivity contribution in [1.29, 1.82) is 0 Å². The molecule has 2 rings (SSSR count). The van der Waals surface area contributed by atoms with E-state index in [4.69, 9.17) is 4.74 Å². The third-order valence-corrected chi connectivity index (χ3v) is 4.99. The van der Waals surface area contributed by atoms with Gasteiger partial charge in [-0.1, -0.05) is 12.1 Å². The summed E-state index contributed by atoms with van der Waals surface area (Å²) in [6, 6.07) is 4.43. The van der Waals surface area contributed by atoms with Gasteiger partial charge in [0.05, 0.1) is 24.1 Å². The number of nitro groups is 1. The van der Waals surface area contributed by atoms with Gasteiger partial charge in [0.1, 0.15) is 5.69 Å². The Hall–Kier alpha value is -3.30. The Morgan fingerprint density at radius 1 is 1.03 bits per heavy atom. The molecular weight excluding hydrogens is 408 g/mol. The van der Waals surface area contributed by atoms with Crippen LogP contribution in [0.4, 0.5) is 11.4 Å². The van der Waals surface area contributed by atoms with Crippen molar-refractivity contribution < 1.29 is 33.6 Å². The van der Waals surface area contributed by atoms with Crippen LogP contribution in [-0.4, -0.2) is 54.7 Å². The van der Waals surface area contributed by atoms with Crippen LogP contribution in [-0.2, 0) is 28.7 Å². The SMILES string of the molecule is CCOC(=O)C(=O)CC(C(=O)C(=O)OCC)c1cccc(N2CCCCC2)c1[N+](=O)[O-]. The minimum Gasteiger partial charge on any atom is -0.460 e. The summed E-state index contributed by atoms with van der Waals surface area (Å²) in [6.07, 6.45) is 2.02. The molecule has 1 aromatic rings. The van der Waals surface area contributed by atoms with Gasteiger partial charge >= 0.3 is 11.9 Å². The second kappa shape index (κ2) is 11.2. The molecule has 1 saturated heterocycles. The van der Waals surface area contributed by atoms with Crippen LogP contribution in [0.2, 0.25) is 0 Å². The number of nitrogens with zero attached hydrogens (tertiary/aromatic N) is 2. The largest absolute Gasteiger partial charge is 0.460 e. The van der Waals surface area contributed by atoms with Crippen molar-refractivity contribution in [2.24, 2.45) is 0 Å². The Morgan fingerprint density at radius 2 is 1.65 bits per heavy atom. The Bertz CT molecular complexity index is 861. The Balaban J connectivity index is 2.54.